The zero-order valence-electron chi connectivity index (χ0n) is 9.63. The Morgan fingerprint density at radius 3 is 2.33 bits per heavy atom. The third-order valence-corrected chi connectivity index (χ3v) is 3.83. The molecular formula is C14H22O. The van der Waals surface area contributed by atoms with Crippen molar-refractivity contribution in [2.24, 2.45) is 5.92 Å². The van der Waals surface area contributed by atoms with Crippen LogP contribution in [-0.2, 0) is 4.79 Å². The lowest BCUT2D eigenvalue weighted by Gasteiger charge is -2.17. The van der Waals surface area contributed by atoms with Crippen LogP contribution in [-0.4, -0.2) is 5.78 Å². The molecule has 0 unspecified atom stereocenters. The van der Waals surface area contributed by atoms with Gasteiger partial charge in [0, 0.05) is 5.92 Å². The third kappa shape index (κ3) is 2.93. The first-order valence-corrected chi connectivity index (χ1v) is 6.61. The molecule has 2 aliphatic rings. The molecule has 15 heavy (non-hydrogen) atoms. The zero-order chi connectivity index (χ0) is 10.5. The summed E-state index contributed by atoms with van der Waals surface area (Å²) in [4.78, 5) is 12.2. The van der Waals surface area contributed by atoms with Gasteiger partial charge in [0.25, 0.3) is 0 Å². The quantitative estimate of drug-likeness (QED) is 0.623. The summed E-state index contributed by atoms with van der Waals surface area (Å²) in [5.74, 6) is 0.869. The lowest BCUT2D eigenvalue weighted by Crippen LogP contribution is -2.17. The minimum Gasteiger partial charge on any atom is -0.294 e. The first-order chi connectivity index (χ1) is 7.38. The van der Waals surface area contributed by atoms with Gasteiger partial charge in [-0.15, -0.1) is 0 Å². The molecule has 1 fully saturated rings. The Morgan fingerprint density at radius 1 is 1.00 bits per heavy atom. The fourth-order valence-corrected chi connectivity index (χ4v) is 2.87. The lowest BCUT2D eigenvalue weighted by molar-refractivity contribution is -0.119. The van der Waals surface area contributed by atoms with Crippen LogP contribution in [0.2, 0.25) is 0 Å². The van der Waals surface area contributed by atoms with Gasteiger partial charge in [0.1, 0.15) is 0 Å². The van der Waals surface area contributed by atoms with Crippen molar-refractivity contribution >= 4 is 5.78 Å². The average molecular weight is 206 g/mol. The van der Waals surface area contributed by atoms with Crippen LogP contribution in [0.25, 0.3) is 0 Å². The second-order valence-electron chi connectivity index (χ2n) is 5.03. The number of carbonyl (C=O) groups excluding carboxylic acids is 1. The van der Waals surface area contributed by atoms with Crippen molar-refractivity contribution in [1.29, 1.82) is 0 Å². The van der Waals surface area contributed by atoms with E-state index in [1.165, 1.54) is 38.5 Å². The number of hydrogen-bond acceptors (Lipinski definition) is 1. The molecule has 0 aromatic carbocycles. The van der Waals surface area contributed by atoms with E-state index in [1.807, 2.05) is 0 Å². The van der Waals surface area contributed by atoms with Gasteiger partial charge in [0.2, 0.25) is 0 Å². The zero-order valence-corrected chi connectivity index (χ0v) is 9.63. The van der Waals surface area contributed by atoms with E-state index in [1.54, 1.807) is 0 Å². The van der Waals surface area contributed by atoms with E-state index in [9.17, 15) is 4.79 Å². The predicted octanol–water partition coefficient (Wildman–Crippen LogP) is 4.03. The fraction of sp³-hybridized carbons (Fsp3) is 0.786. The van der Waals surface area contributed by atoms with Crippen molar-refractivity contribution in [2.75, 3.05) is 0 Å². The maximum absolute atomic E-state index is 12.2. The summed E-state index contributed by atoms with van der Waals surface area (Å²) in [6.07, 6.45) is 14.4. The Kier molecular flexibility index (Phi) is 3.99. The molecule has 0 aliphatic heterocycles. The second kappa shape index (κ2) is 5.48. The van der Waals surface area contributed by atoms with E-state index < -0.39 is 0 Å². The normalized spacial score (nSPS) is 24.4. The van der Waals surface area contributed by atoms with E-state index in [0.717, 1.165) is 31.3 Å². The molecule has 0 N–H and O–H groups in total. The van der Waals surface area contributed by atoms with E-state index in [0.29, 0.717) is 11.7 Å². The van der Waals surface area contributed by atoms with Crippen molar-refractivity contribution in [2.45, 2.75) is 64.2 Å². The van der Waals surface area contributed by atoms with Crippen molar-refractivity contribution in [3.63, 3.8) is 0 Å². The number of ketones is 1. The highest BCUT2D eigenvalue weighted by Gasteiger charge is 2.23. The molecule has 0 saturated heterocycles. The number of hydrogen-bond donors (Lipinski definition) is 0. The third-order valence-electron chi connectivity index (χ3n) is 3.83. The van der Waals surface area contributed by atoms with E-state index in [4.69, 9.17) is 0 Å². The Bertz CT molecular complexity index is 244. The fourth-order valence-electron chi connectivity index (χ4n) is 2.87. The van der Waals surface area contributed by atoms with Crippen LogP contribution < -0.4 is 0 Å². The summed E-state index contributed by atoms with van der Waals surface area (Å²) in [5, 5.41) is 0. The summed E-state index contributed by atoms with van der Waals surface area (Å²) < 4.78 is 0. The lowest BCUT2D eigenvalue weighted by atomic mass is 9.86. The second-order valence-corrected chi connectivity index (χ2v) is 5.03. The molecule has 1 nitrogen and oxygen atoms in total. The Balaban J connectivity index is 1.95. The molecule has 84 valence electrons. The van der Waals surface area contributed by atoms with E-state index in [-0.39, 0.29) is 0 Å². The van der Waals surface area contributed by atoms with E-state index >= 15 is 0 Å². The first kappa shape index (κ1) is 10.9. The number of carbonyl (C=O) groups is 1. The Morgan fingerprint density at radius 2 is 1.73 bits per heavy atom. The van der Waals surface area contributed by atoms with Crippen LogP contribution in [0, 0.1) is 5.92 Å². The number of allylic oxidation sites excluding steroid dienone is 2. The van der Waals surface area contributed by atoms with Gasteiger partial charge in [-0.1, -0.05) is 31.8 Å². The first-order valence-electron chi connectivity index (χ1n) is 6.61. The topological polar surface area (TPSA) is 17.1 Å². The van der Waals surface area contributed by atoms with Gasteiger partial charge in [0.15, 0.2) is 5.78 Å². The highest BCUT2D eigenvalue weighted by molar-refractivity contribution is 5.97. The van der Waals surface area contributed by atoms with Gasteiger partial charge >= 0.3 is 0 Å². The van der Waals surface area contributed by atoms with Crippen LogP contribution in [0.5, 0.6) is 0 Å². The summed E-state index contributed by atoms with van der Waals surface area (Å²) >= 11 is 0. The largest absolute Gasteiger partial charge is 0.294 e. The molecular weight excluding hydrogens is 184 g/mol. The van der Waals surface area contributed by atoms with Gasteiger partial charge in [-0.2, -0.15) is 0 Å². The van der Waals surface area contributed by atoms with Gasteiger partial charge in [-0.25, -0.2) is 0 Å². The minimum absolute atomic E-state index is 0.372. The maximum Gasteiger partial charge on any atom is 0.161 e. The van der Waals surface area contributed by atoms with Gasteiger partial charge in [0.05, 0.1) is 0 Å². The Labute approximate surface area is 92.9 Å². The van der Waals surface area contributed by atoms with Crippen molar-refractivity contribution in [1.82, 2.24) is 0 Å². The van der Waals surface area contributed by atoms with Crippen LogP contribution in [0.15, 0.2) is 11.6 Å². The highest BCUT2D eigenvalue weighted by Crippen LogP contribution is 2.28. The molecule has 0 amide bonds. The molecule has 0 radical (unpaired) electrons. The summed E-state index contributed by atoms with van der Waals surface area (Å²) in [6.45, 7) is 0. The monoisotopic (exact) mass is 206 g/mol. The standard InChI is InChI=1S/C14H22O/c15-14(13-10-6-3-7-11-13)12-8-4-1-2-5-9-12/h10,12H,1-9,11H2. The Hall–Kier alpha value is -0.590. The van der Waals surface area contributed by atoms with Crippen LogP contribution in [0.4, 0.5) is 0 Å². The molecule has 1 saturated carbocycles. The van der Waals surface area contributed by atoms with E-state index in [2.05, 4.69) is 6.08 Å². The van der Waals surface area contributed by atoms with Gasteiger partial charge < -0.3 is 0 Å². The molecule has 0 aromatic heterocycles. The predicted molar refractivity (Wildman–Crippen MR) is 62.8 cm³/mol. The highest BCUT2D eigenvalue weighted by atomic mass is 16.1. The molecule has 0 spiro atoms. The number of Topliss-reactive ketones (excluding diaryl/α,β-unsaturated/α-hetero) is 1. The van der Waals surface area contributed by atoms with Gasteiger partial charge in [-0.3, -0.25) is 4.79 Å². The summed E-state index contributed by atoms with van der Waals surface area (Å²) in [7, 11) is 0. The molecule has 2 rings (SSSR count). The molecule has 0 aromatic rings. The van der Waals surface area contributed by atoms with Crippen molar-refractivity contribution in [3.05, 3.63) is 11.6 Å². The maximum atomic E-state index is 12.2. The SMILES string of the molecule is O=C(C1=CCCCC1)C1CCCCCC1. The summed E-state index contributed by atoms with van der Waals surface area (Å²) in [6, 6.07) is 0. The van der Waals surface area contributed by atoms with Crippen LogP contribution in [0.3, 0.4) is 0 Å². The molecule has 1 heteroatoms. The van der Waals surface area contributed by atoms with Crippen LogP contribution in [0.1, 0.15) is 64.2 Å². The number of rotatable bonds is 2. The van der Waals surface area contributed by atoms with Crippen LogP contribution >= 0.6 is 0 Å². The molecule has 0 heterocycles. The average Bonchev–Trinajstić information content (AvgIpc) is 2.58. The smallest absolute Gasteiger partial charge is 0.161 e. The van der Waals surface area contributed by atoms with Gasteiger partial charge in [-0.05, 0) is 44.1 Å². The molecule has 0 bridgehead atoms. The summed E-state index contributed by atoms with van der Waals surface area (Å²) in [5.41, 5.74) is 1.16. The van der Waals surface area contributed by atoms with Crippen molar-refractivity contribution < 1.29 is 4.79 Å². The minimum atomic E-state index is 0.372. The molecule has 0 atom stereocenters. The molecule has 2 aliphatic carbocycles. The van der Waals surface area contributed by atoms with Crippen molar-refractivity contribution in [3.8, 4) is 0 Å².